The Labute approximate surface area is 105 Å². The first-order valence-corrected chi connectivity index (χ1v) is 6.34. The first kappa shape index (κ1) is 15.8. The van der Waals surface area contributed by atoms with E-state index in [0.717, 1.165) is 11.8 Å². The van der Waals surface area contributed by atoms with Crippen molar-refractivity contribution in [1.29, 1.82) is 0 Å². The lowest BCUT2D eigenvalue weighted by Crippen LogP contribution is -2.41. The maximum atomic E-state index is 11.7. The number of primary amides is 1. The SMILES string of the molecule is CC(C)CN(CC(N)=O)C(=O)CSCC(=O)O. The highest BCUT2D eigenvalue weighted by Gasteiger charge is 2.17. The van der Waals surface area contributed by atoms with Gasteiger partial charge in [0.25, 0.3) is 0 Å². The standard InChI is InChI=1S/C10H18N2O4S/c1-7(2)3-12(4-8(11)13)9(14)5-17-6-10(15)16/h7H,3-6H2,1-2H3,(H2,11,13)(H,15,16). The van der Waals surface area contributed by atoms with E-state index >= 15 is 0 Å². The molecule has 0 fully saturated rings. The van der Waals surface area contributed by atoms with E-state index in [1.165, 1.54) is 4.90 Å². The van der Waals surface area contributed by atoms with Gasteiger partial charge in [0.1, 0.15) is 0 Å². The maximum absolute atomic E-state index is 11.7. The Morgan fingerprint density at radius 1 is 1.29 bits per heavy atom. The van der Waals surface area contributed by atoms with E-state index in [1.807, 2.05) is 13.8 Å². The Bertz CT molecular complexity index is 294. The lowest BCUT2D eigenvalue weighted by molar-refractivity contribution is -0.134. The van der Waals surface area contributed by atoms with Crippen LogP contribution in [0.3, 0.4) is 0 Å². The summed E-state index contributed by atoms with van der Waals surface area (Å²) in [6, 6.07) is 0. The fourth-order valence-corrected chi connectivity index (χ4v) is 1.83. The number of nitrogens with two attached hydrogens (primary N) is 1. The van der Waals surface area contributed by atoms with Crippen LogP contribution >= 0.6 is 11.8 Å². The molecule has 0 aliphatic carbocycles. The molecule has 2 amide bonds. The molecule has 0 radical (unpaired) electrons. The van der Waals surface area contributed by atoms with Gasteiger partial charge < -0.3 is 15.7 Å². The molecule has 0 aromatic carbocycles. The lowest BCUT2D eigenvalue weighted by atomic mass is 10.2. The molecular weight excluding hydrogens is 244 g/mol. The van der Waals surface area contributed by atoms with E-state index < -0.39 is 11.9 Å². The number of carboxylic acids is 1. The van der Waals surface area contributed by atoms with E-state index in [2.05, 4.69) is 0 Å². The Morgan fingerprint density at radius 2 is 1.88 bits per heavy atom. The normalized spacial score (nSPS) is 10.3. The highest BCUT2D eigenvalue weighted by molar-refractivity contribution is 8.00. The van der Waals surface area contributed by atoms with Gasteiger partial charge in [0, 0.05) is 6.54 Å². The molecule has 0 spiro atoms. The van der Waals surface area contributed by atoms with Crippen LogP contribution in [0.1, 0.15) is 13.8 Å². The van der Waals surface area contributed by atoms with Crippen molar-refractivity contribution < 1.29 is 19.5 Å². The second kappa shape index (κ2) is 7.94. The third-order valence-electron chi connectivity index (χ3n) is 1.74. The van der Waals surface area contributed by atoms with E-state index in [9.17, 15) is 14.4 Å². The Morgan fingerprint density at radius 3 is 2.29 bits per heavy atom. The molecule has 0 saturated carbocycles. The molecule has 0 aliphatic rings. The molecule has 98 valence electrons. The number of rotatable bonds is 8. The van der Waals surface area contributed by atoms with Crippen molar-refractivity contribution in [1.82, 2.24) is 4.90 Å². The molecule has 0 rings (SSSR count). The molecule has 0 unspecified atom stereocenters. The van der Waals surface area contributed by atoms with Crippen molar-refractivity contribution in [3.05, 3.63) is 0 Å². The summed E-state index contributed by atoms with van der Waals surface area (Å²) in [5, 5.41) is 8.44. The van der Waals surface area contributed by atoms with Gasteiger partial charge >= 0.3 is 5.97 Å². The zero-order valence-corrected chi connectivity index (χ0v) is 10.8. The van der Waals surface area contributed by atoms with E-state index in [1.54, 1.807) is 0 Å². The van der Waals surface area contributed by atoms with E-state index in [0.29, 0.717) is 6.54 Å². The average Bonchev–Trinajstić information content (AvgIpc) is 2.14. The quantitative estimate of drug-likeness (QED) is 0.629. The minimum Gasteiger partial charge on any atom is -0.481 e. The van der Waals surface area contributed by atoms with Crippen LogP contribution in [0.15, 0.2) is 0 Å². The topological polar surface area (TPSA) is 101 Å². The first-order valence-electron chi connectivity index (χ1n) is 5.18. The molecule has 0 aromatic rings. The minimum absolute atomic E-state index is 0.0479. The van der Waals surface area contributed by atoms with E-state index in [4.69, 9.17) is 10.8 Å². The summed E-state index contributed by atoms with van der Waals surface area (Å²) >= 11 is 1.01. The number of aliphatic carboxylic acids is 1. The molecule has 6 nitrogen and oxygen atoms in total. The zero-order chi connectivity index (χ0) is 13.4. The summed E-state index contributed by atoms with van der Waals surface area (Å²) in [5.74, 6) is -1.65. The van der Waals surface area contributed by atoms with Gasteiger partial charge in [-0.15, -0.1) is 11.8 Å². The Kier molecular flexibility index (Phi) is 7.36. The first-order chi connectivity index (χ1) is 7.82. The van der Waals surface area contributed by atoms with Gasteiger partial charge in [0.2, 0.25) is 11.8 Å². The predicted octanol–water partition coefficient (Wildman–Crippen LogP) is -0.226. The Balaban J connectivity index is 4.21. The van der Waals surface area contributed by atoms with Crippen molar-refractivity contribution in [3.63, 3.8) is 0 Å². The van der Waals surface area contributed by atoms with Gasteiger partial charge in [-0.3, -0.25) is 14.4 Å². The molecule has 0 aliphatic heterocycles. The van der Waals surface area contributed by atoms with Crippen molar-refractivity contribution in [2.75, 3.05) is 24.6 Å². The smallest absolute Gasteiger partial charge is 0.313 e. The molecule has 0 heterocycles. The number of amides is 2. The lowest BCUT2D eigenvalue weighted by Gasteiger charge is -2.22. The van der Waals surface area contributed by atoms with Crippen LogP contribution in [-0.4, -0.2) is 52.4 Å². The fourth-order valence-electron chi connectivity index (χ4n) is 1.20. The number of nitrogens with zero attached hydrogens (tertiary/aromatic N) is 1. The largest absolute Gasteiger partial charge is 0.481 e. The zero-order valence-electron chi connectivity index (χ0n) is 10.0. The minimum atomic E-state index is -0.965. The van der Waals surface area contributed by atoms with Crippen LogP contribution < -0.4 is 5.73 Å². The molecule has 17 heavy (non-hydrogen) atoms. The van der Waals surface area contributed by atoms with Crippen molar-refractivity contribution in [2.45, 2.75) is 13.8 Å². The summed E-state index contributed by atoms with van der Waals surface area (Å²) in [4.78, 5) is 34.2. The van der Waals surface area contributed by atoms with Crippen LogP contribution in [0, 0.1) is 5.92 Å². The van der Waals surface area contributed by atoms with Gasteiger partial charge in [0.15, 0.2) is 0 Å². The van der Waals surface area contributed by atoms with E-state index in [-0.39, 0.29) is 29.9 Å². The van der Waals surface area contributed by atoms with Crippen molar-refractivity contribution in [2.24, 2.45) is 11.7 Å². The van der Waals surface area contributed by atoms with Gasteiger partial charge in [0.05, 0.1) is 18.1 Å². The molecule has 0 saturated heterocycles. The van der Waals surface area contributed by atoms with Crippen LogP contribution in [-0.2, 0) is 14.4 Å². The molecule has 0 aromatic heterocycles. The highest BCUT2D eigenvalue weighted by atomic mass is 32.2. The fraction of sp³-hybridized carbons (Fsp3) is 0.700. The van der Waals surface area contributed by atoms with Crippen LogP contribution in [0.2, 0.25) is 0 Å². The number of thioether (sulfide) groups is 1. The predicted molar refractivity (Wildman–Crippen MR) is 65.6 cm³/mol. The summed E-state index contributed by atoms with van der Waals surface area (Å²) in [6.45, 7) is 4.16. The monoisotopic (exact) mass is 262 g/mol. The Hall–Kier alpha value is -1.24. The third kappa shape index (κ3) is 8.56. The summed E-state index contributed by atoms with van der Waals surface area (Å²) in [7, 11) is 0. The van der Waals surface area contributed by atoms with Crippen LogP contribution in [0.5, 0.6) is 0 Å². The van der Waals surface area contributed by atoms with Crippen molar-refractivity contribution >= 4 is 29.5 Å². The molecular formula is C10H18N2O4S. The van der Waals surface area contributed by atoms with Gasteiger partial charge in [-0.25, -0.2) is 0 Å². The molecule has 7 heteroatoms. The number of carbonyl (C=O) groups is 3. The van der Waals surface area contributed by atoms with Crippen LogP contribution in [0.25, 0.3) is 0 Å². The van der Waals surface area contributed by atoms with Crippen molar-refractivity contribution in [3.8, 4) is 0 Å². The number of hydrogen-bond acceptors (Lipinski definition) is 4. The van der Waals surface area contributed by atoms with Gasteiger partial charge in [-0.1, -0.05) is 13.8 Å². The number of hydrogen-bond donors (Lipinski definition) is 2. The third-order valence-corrected chi connectivity index (χ3v) is 2.64. The van der Waals surface area contributed by atoms with Gasteiger partial charge in [-0.05, 0) is 5.92 Å². The highest BCUT2D eigenvalue weighted by Crippen LogP contribution is 2.05. The summed E-state index contributed by atoms with van der Waals surface area (Å²) < 4.78 is 0. The maximum Gasteiger partial charge on any atom is 0.313 e. The summed E-state index contributed by atoms with van der Waals surface area (Å²) in [5.41, 5.74) is 5.05. The average molecular weight is 262 g/mol. The van der Waals surface area contributed by atoms with Gasteiger partial charge in [-0.2, -0.15) is 0 Å². The molecule has 3 N–H and O–H groups in total. The second-order valence-electron chi connectivity index (χ2n) is 4.02. The molecule has 0 atom stereocenters. The number of carboxylic acid groups (broad SMARTS) is 1. The summed E-state index contributed by atoms with van der Waals surface area (Å²) in [6.07, 6.45) is 0. The number of carbonyl (C=O) groups excluding carboxylic acids is 2. The second-order valence-corrected chi connectivity index (χ2v) is 5.01. The van der Waals surface area contributed by atoms with Crippen LogP contribution in [0.4, 0.5) is 0 Å². The molecule has 0 bridgehead atoms.